The van der Waals surface area contributed by atoms with Crippen molar-refractivity contribution in [3.63, 3.8) is 0 Å². The molecule has 0 saturated heterocycles. The Morgan fingerprint density at radius 2 is 1.92 bits per heavy atom. The van der Waals surface area contributed by atoms with Crippen LogP contribution in [0.25, 0.3) is 0 Å². The molecule has 3 aromatic heterocycles. The van der Waals surface area contributed by atoms with Crippen molar-refractivity contribution < 1.29 is 22.7 Å². The van der Waals surface area contributed by atoms with E-state index in [0.717, 1.165) is 42.2 Å². The predicted octanol–water partition coefficient (Wildman–Crippen LogP) is 2.40. The summed E-state index contributed by atoms with van der Waals surface area (Å²) in [6, 6.07) is 3.00. The maximum absolute atomic E-state index is 13.0. The molecule has 0 aliphatic carbocycles. The topological polar surface area (TPSA) is 121 Å². The molecule has 0 spiro atoms. The lowest BCUT2D eigenvalue weighted by Gasteiger charge is -2.42. The summed E-state index contributed by atoms with van der Waals surface area (Å²) in [5.41, 5.74) is 2.43. The van der Waals surface area contributed by atoms with Crippen molar-refractivity contribution >= 4 is 23.4 Å². The Hall–Kier alpha value is -4.07. The van der Waals surface area contributed by atoms with E-state index in [2.05, 4.69) is 30.6 Å². The molecule has 3 aromatic rings. The van der Waals surface area contributed by atoms with Crippen molar-refractivity contribution in [1.29, 1.82) is 0 Å². The Labute approximate surface area is 210 Å². The fourth-order valence-electron chi connectivity index (χ4n) is 4.30. The van der Waals surface area contributed by atoms with Crippen molar-refractivity contribution in [2.45, 2.75) is 31.6 Å². The van der Waals surface area contributed by atoms with Crippen LogP contribution in [0.4, 0.5) is 30.6 Å². The second-order valence-corrected chi connectivity index (χ2v) is 8.64. The lowest BCUT2D eigenvalue weighted by atomic mass is 10.0. The molecule has 2 N–H and O–H groups in total. The van der Waals surface area contributed by atoms with Gasteiger partial charge in [0, 0.05) is 38.9 Å². The first kappa shape index (κ1) is 24.6. The van der Waals surface area contributed by atoms with Crippen molar-refractivity contribution in [2.24, 2.45) is 0 Å². The molecule has 2 aliphatic heterocycles. The molecular weight excluding hydrogens is 491 g/mol. The SMILES string of the molecule is CNC[C@H]1C(=O)N2CCCc3nc(NCc4ccc(Oc5cnc(C(F)(F)F)nc5)nc4)nc(c32)N1C. The Bertz CT molecular complexity index is 1290. The number of nitrogens with zero attached hydrogens (tertiary/aromatic N) is 7. The number of aryl methyl sites for hydroxylation is 1. The molecule has 37 heavy (non-hydrogen) atoms. The molecule has 0 saturated carbocycles. The van der Waals surface area contributed by atoms with Gasteiger partial charge in [0.05, 0.1) is 18.1 Å². The third kappa shape index (κ3) is 4.96. The lowest BCUT2D eigenvalue weighted by molar-refractivity contribution is -0.145. The van der Waals surface area contributed by atoms with Gasteiger partial charge < -0.3 is 25.2 Å². The van der Waals surface area contributed by atoms with E-state index in [1.807, 2.05) is 19.0 Å². The van der Waals surface area contributed by atoms with E-state index in [0.29, 0.717) is 31.4 Å². The van der Waals surface area contributed by atoms with Crippen LogP contribution in [0.3, 0.4) is 0 Å². The Balaban J connectivity index is 1.27. The number of carbonyl (C=O) groups excluding carboxylic acids is 1. The average molecular weight is 516 g/mol. The summed E-state index contributed by atoms with van der Waals surface area (Å²) in [6.07, 6.45) is 0.436. The molecule has 0 radical (unpaired) electrons. The number of likely N-dealkylation sites (N-methyl/N-ethyl adjacent to an activating group) is 2. The Kier molecular flexibility index (Phi) is 6.50. The third-order valence-electron chi connectivity index (χ3n) is 6.11. The van der Waals surface area contributed by atoms with Gasteiger partial charge in [0.2, 0.25) is 17.7 Å². The van der Waals surface area contributed by atoms with Gasteiger partial charge in [-0.25, -0.2) is 19.9 Å². The highest BCUT2D eigenvalue weighted by atomic mass is 19.4. The zero-order chi connectivity index (χ0) is 26.2. The summed E-state index contributed by atoms with van der Waals surface area (Å²) < 4.78 is 43.2. The summed E-state index contributed by atoms with van der Waals surface area (Å²) in [5.74, 6) is 0.191. The molecule has 2 aliphatic rings. The Morgan fingerprint density at radius 3 is 2.59 bits per heavy atom. The average Bonchev–Trinajstić information content (AvgIpc) is 2.89. The first-order valence-corrected chi connectivity index (χ1v) is 11.6. The van der Waals surface area contributed by atoms with Crippen LogP contribution in [0.5, 0.6) is 11.6 Å². The second-order valence-electron chi connectivity index (χ2n) is 8.64. The number of nitrogens with one attached hydrogen (secondary N) is 2. The van der Waals surface area contributed by atoms with Crippen LogP contribution in [-0.2, 0) is 23.9 Å². The third-order valence-corrected chi connectivity index (χ3v) is 6.11. The van der Waals surface area contributed by atoms with Gasteiger partial charge in [0.15, 0.2) is 11.6 Å². The number of ether oxygens (including phenoxy) is 1. The summed E-state index contributed by atoms with van der Waals surface area (Å²) in [5, 5.41) is 6.30. The molecule has 1 amide bonds. The highest BCUT2D eigenvalue weighted by Crippen LogP contribution is 2.39. The molecule has 5 rings (SSSR count). The highest BCUT2D eigenvalue weighted by Gasteiger charge is 2.40. The van der Waals surface area contributed by atoms with E-state index in [4.69, 9.17) is 9.72 Å². The van der Waals surface area contributed by atoms with Crippen LogP contribution >= 0.6 is 0 Å². The zero-order valence-electron chi connectivity index (χ0n) is 20.1. The van der Waals surface area contributed by atoms with Crippen LogP contribution in [0.2, 0.25) is 0 Å². The van der Waals surface area contributed by atoms with Gasteiger partial charge in [-0.15, -0.1) is 0 Å². The maximum Gasteiger partial charge on any atom is 0.451 e. The van der Waals surface area contributed by atoms with Crippen molar-refractivity contribution in [2.75, 3.05) is 42.3 Å². The molecule has 14 heteroatoms. The Morgan fingerprint density at radius 1 is 1.14 bits per heavy atom. The van der Waals surface area contributed by atoms with Crippen LogP contribution in [0, 0.1) is 0 Å². The summed E-state index contributed by atoms with van der Waals surface area (Å²) in [6.45, 7) is 1.54. The fourth-order valence-corrected chi connectivity index (χ4v) is 4.30. The van der Waals surface area contributed by atoms with Gasteiger partial charge in [-0.05, 0) is 25.5 Å². The van der Waals surface area contributed by atoms with Crippen LogP contribution in [-0.4, -0.2) is 64.1 Å². The molecule has 0 unspecified atom stereocenters. The number of rotatable bonds is 7. The number of aromatic nitrogens is 5. The van der Waals surface area contributed by atoms with E-state index < -0.39 is 12.0 Å². The first-order chi connectivity index (χ1) is 17.7. The van der Waals surface area contributed by atoms with Gasteiger partial charge in [0.25, 0.3) is 5.91 Å². The molecule has 5 heterocycles. The van der Waals surface area contributed by atoms with E-state index in [1.54, 1.807) is 23.2 Å². The monoisotopic (exact) mass is 515 g/mol. The highest BCUT2D eigenvalue weighted by molar-refractivity contribution is 6.05. The molecule has 11 nitrogen and oxygen atoms in total. The van der Waals surface area contributed by atoms with E-state index in [9.17, 15) is 18.0 Å². The molecular formula is C23H24F3N9O2. The second kappa shape index (κ2) is 9.76. The van der Waals surface area contributed by atoms with Gasteiger partial charge in [-0.3, -0.25) is 4.79 Å². The van der Waals surface area contributed by atoms with Gasteiger partial charge in [-0.1, -0.05) is 6.07 Å². The minimum Gasteiger partial charge on any atom is -0.436 e. The smallest absolute Gasteiger partial charge is 0.436 e. The van der Waals surface area contributed by atoms with Crippen LogP contribution < -0.4 is 25.2 Å². The van der Waals surface area contributed by atoms with E-state index in [1.165, 1.54) is 0 Å². The number of anilines is 3. The molecule has 0 bridgehead atoms. The first-order valence-electron chi connectivity index (χ1n) is 11.6. The number of amides is 1. The standard InChI is InChI=1S/C23H24F3N9O2/c1-27-12-16-20(36)35-7-3-4-15-18(35)19(34(16)2)33-22(32-15)31-9-13-5-6-17(28-8-13)37-14-10-29-21(30-11-14)23(24,25)26/h5-6,8,10-11,16,27H,3-4,7,9,12H2,1-2H3,(H,31,32,33)/t16-/m0/s1. The van der Waals surface area contributed by atoms with Gasteiger partial charge in [-0.2, -0.15) is 18.2 Å². The van der Waals surface area contributed by atoms with Crippen LogP contribution in [0.15, 0.2) is 30.7 Å². The number of alkyl halides is 3. The van der Waals surface area contributed by atoms with Gasteiger partial charge >= 0.3 is 6.18 Å². The van der Waals surface area contributed by atoms with E-state index >= 15 is 0 Å². The summed E-state index contributed by atoms with van der Waals surface area (Å²) >= 11 is 0. The summed E-state index contributed by atoms with van der Waals surface area (Å²) in [7, 11) is 3.68. The minimum atomic E-state index is -4.62. The number of hydrogen-bond donors (Lipinski definition) is 2. The van der Waals surface area contributed by atoms with E-state index in [-0.39, 0.29) is 23.6 Å². The molecule has 0 fully saturated rings. The van der Waals surface area contributed by atoms with Gasteiger partial charge in [0.1, 0.15) is 11.7 Å². The van der Waals surface area contributed by atoms with Crippen LogP contribution in [0.1, 0.15) is 23.5 Å². The number of hydrogen-bond acceptors (Lipinski definition) is 10. The lowest BCUT2D eigenvalue weighted by Crippen LogP contribution is -2.57. The minimum absolute atomic E-state index is 0.0380. The molecule has 0 aromatic carbocycles. The quantitative estimate of drug-likeness (QED) is 0.485. The zero-order valence-corrected chi connectivity index (χ0v) is 20.1. The summed E-state index contributed by atoms with van der Waals surface area (Å²) in [4.78, 5) is 36.8. The van der Waals surface area contributed by atoms with Crippen molar-refractivity contribution in [3.05, 3.63) is 47.8 Å². The number of halogens is 3. The number of carbonyl (C=O) groups is 1. The molecule has 194 valence electrons. The molecule has 1 atom stereocenters. The maximum atomic E-state index is 13.0. The van der Waals surface area contributed by atoms with Crippen molar-refractivity contribution in [1.82, 2.24) is 30.2 Å². The normalized spacial score (nSPS) is 17.0. The number of pyridine rings is 1. The fraction of sp³-hybridized carbons (Fsp3) is 0.391. The largest absolute Gasteiger partial charge is 0.451 e. The predicted molar refractivity (Wildman–Crippen MR) is 127 cm³/mol. The van der Waals surface area contributed by atoms with Crippen molar-refractivity contribution in [3.8, 4) is 11.6 Å².